The maximum absolute atomic E-state index is 13.2. The smallest absolute Gasteiger partial charge is 0.273 e. The van der Waals surface area contributed by atoms with Crippen LogP contribution in [0.3, 0.4) is 0 Å². The third-order valence-electron chi connectivity index (χ3n) is 5.56. The van der Waals surface area contributed by atoms with Gasteiger partial charge in [0, 0.05) is 11.6 Å². The minimum Gasteiger partial charge on any atom is -0.494 e. The van der Waals surface area contributed by atoms with Crippen LogP contribution in [0.2, 0.25) is 0 Å². The fraction of sp³-hybridized carbons (Fsp3) is 0.214. The first-order valence-corrected chi connectivity index (χ1v) is 11.6. The molecule has 0 heterocycles. The van der Waals surface area contributed by atoms with E-state index in [1.165, 1.54) is 25.3 Å². The summed E-state index contributed by atoms with van der Waals surface area (Å²) in [7, 11) is 1.35. The first-order chi connectivity index (χ1) is 17.3. The molecular weight excluding hydrogens is 458 g/mol. The van der Waals surface area contributed by atoms with Gasteiger partial charge in [-0.25, -0.2) is 0 Å². The van der Waals surface area contributed by atoms with Crippen LogP contribution in [0.15, 0.2) is 72.4 Å². The predicted molar refractivity (Wildman–Crippen MR) is 140 cm³/mol. The van der Waals surface area contributed by atoms with Crippen LogP contribution in [-0.2, 0) is 11.2 Å². The molecule has 2 amide bonds. The van der Waals surface area contributed by atoms with Gasteiger partial charge in [0.25, 0.3) is 17.5 Å². The van der Waals surface area contributed by atoms with E-state index in [1.54, 1.807) is 18.2 Å². The SMILES string of the molecule is CCCCc1ccc(C(=O)N/C(=C\c2ccc(C)cc2)C(=O)Nc2ccc([N+](=O)[O-])cc2OC)cc1. The zero-order chi connectivity index (χ0) is 26.1. The Labute approximate surface area is 210 Å². The number of aryl methyl sites for hydroxylation is 2. The number of carbonyl (C=O) groups excluding carboxylic acids is 2. The number of nitrogens with zero attached hydrogens (tertiary/aromatic N) is 1. The lowest BCUT2D eigenvalue weighted by Crippen LogP contribution is -2.30. The summed E-state index contributed by atoms with van der Waals surface area (Å²) in [6, 6.07) is 18.6. The summed E-state index contributed by atoms with van der Waals surface area (Å²) in [6.45, 7) is 4.08. The summed E-state index contributed by atoms with van der Waals surface area (Å²) in [5.41, 5.74) is 3.42. The number of nitrogens with one attached hydrogen (secondary N) is 2. The summed E-state index contributed by atoms with van der Waals surface area (Å²) in [5.74, 6) is -0.905. The average Bonchev–Trinajstić information content (AvgIpc) is 2.88. The minimum absolute atomic E-state index is 0.0133. The maximum Gasteiger partial charge on any atom is 0.273 e. The average molecular weight is 488 g/mol. The van der Waals surface area contributed by atoms with Gasteiger partial charge in [-0.2, -0.15) is 0 Å². The molecule has 36 heavy (non-hydrogen) atoms. The van der Waals surface area contributed by atoms with Crippen LogP contribution in [0.25, 0.3) is 6.08 Å². The summed E-state index contributed by atoms with van der Waals surface area (Å²) in [6.07, 6.45) is 4.67. The van der Waals surface area contributed by atoms with Crippen LogP contribution in [0, 0.1) is 17.0 Å². The molecule has 2 N–H and O–H groups in total. The van der Waals surface area contributed by atoms with E-state index in [2.05, 4.69) is 17.6 Å². The quantitative estimate of drug-likeness (QED) is 0.218. The predicted octanol–water partition coefficient (Wildman–Crippen LogP) is 5.66. The van der Waals surface area contributed by atoms with E-state index in [9.17, 15) is 19.7 Å². The molecule has 0 aliphatic carbocycles. The van der Waals surface area contributed by atoms with E-state index < -0.39 is 16.7 Å². The molecule has 0 fully saturated rings. The lowest BCUT2D eigenvalue weighted by molar-refractivity contribution is -0.384. The van der Waals surface area contributed by atoms with Crippen LogP contribution in [0.5, 0.6) is 5.75 Å². The molecule has 0 spiro atoms. The van der Waals surface area contributed by atoms with Crippen molar-refractivity contribution in [1.29, 1.82) is 0 Å². The standard InChI is InChI=1S/C28H29N3O5/c1-4-5-6-20-11-13-22(14-12-20)27(32)30-25(17-21-9-7-19(2)8-10-21)28(33)29-24-16-15-23(31(34)35)18-26(24)36-3/h7-18H,4-6H2,1-3H3,(H,29,33)(H,30,32)/b25-17-. The number of rotatable bonds is 10. The Morgan fingerprint density at radius 2 is 1.72 bits per heavy atom. The largest absolute Gasteiger partial charge is 0.494 e. The third kappa shape index (κ3) is 7.02. The second kappa shape index (κ2) is 12.3. The van der Waals surface area contributed by atoms with Crippen molar-refractivity contribution < 1.29 is 19.2 Å². The van der Waals surface area contributed by atoms with E-state index >= 15 is 0 Å². The molecule has 8 nitrogen and oxygen atoms in total. The van der Waals surface area contributed by atoms with E-state index in [1.807, 2.05) is 43.3 Å². The minimum atomic E-state index is -0.601. The van der Waals surface area contributed by atoms with Crippen molar-refractivity contribution in [3.05, 3.63) is 105 Å². The molecule has 0 aliphatic rings. The molecule has 0 radical (unpaired) electrons. The molecule has 3 aromatic carbocycles. The Hall–Kier alpha value is -4.46. The van der Waals surface area contributed by atoms with Gasteiger partial charge in [-0.05, 0) is 55.2 Å². The Balaban J connectivity index is 1.87. The van der Waals surface area contributed by atoms with Crippen molar-refractivity contribution in [2.75, 3.05) is 12.4 Å². The van der Waals surface area contributed by atoms with Crippen molar-refractivity contribution in [3.8, 4) is 5.75 Å². The van der Waals surface area contributed by atoms with Gasteiger partial charge in [0.2, 0.25) is 0 Å². The van der Waals surface area contributed by atoms with Crippen LogP contribution < -0.4 is 15.4 Å². The second-order valence-electron chi connectivity index (χ2n) is 8.32. The van der Waals surface area contributed by atoms with Crippen LogP contribution in [0.4, 0.5) is 11.4 Å². The zero-order valence-electron chi connectivity index (χ0n) is 20.5. The van der Waals surface area contributed by atoms with E-state index in [0.29, 0.717) is 5.56 Å². The van der Waals surface area contributed by atoms with E-state index in [-0.39, 0.29) is 22.8 Å². The maximum atomic E-state index is 13.2. The van der Waals surface area contributed by atoms with Gasteiger partial charge in [0.05, 0.1) is 23.8 Å². The second-order valence-corrected chi connectivity index (χ2v) is 8.32. The lowest BCUT2D eigenvalue weighted by atomic mass is 10.1. The molecule has 3 aromatic rings. The monoisotopic (exact) mass is 487 g/mol. The summed E-state index contributed by atoms with van der Waals surface area (Å²) in [5, 5.41) is 16.5. The van der Waals surface area contributed by atoms with Gasteiger partial charge < -0.3 is 15.4 Å². The number of ether oxygens (including phenoxy) is 1. The Morgan fingerprint density at radius 3 is 2.33 bits per heavy atom. The van der Waals surface area contributed by atoms with Crippen molar-refractivity contribution >= 4 is 29.3 Å². The molecule has 0 aromatic heterocycles. The highest BCUT2D eigenvalue weighted by Gasteiger charge is 2.18. The number of nitro benzene ring substituents is 1. The molecule has 0 atom stereocenters. The third-order valence-corrected chi connectivity index (χ3v) is 5.56. The molecule has 0 saturated heterocycles. The molecule has 3 rings (SSSR count). The Kier molecular flexibility index (Phi) is 8.94. The number of unbranched alkanes of at least 4 members (excludes halogenated alkanes) is 1. The van der Waals surface area contributed by atoms with Gasteiger partial charge in [-0.1, -0.05) is 55.3 Å². The first kappa shape index (κ1) is 26.2. The first-order valence-electron chi connectivity index (χ1n) is 11.6. The van der Waals surface area contributed by atoms with Crippen LogP contribution >= 0.6 is 0 Å². The van der Waals surface area contributed by atoms with Crippen molar-refractivity contribution in [3.63, 3.8) is 0 Å². The number of methoxy groups -OCH3 is 1. The summed E-state index contributed by atoms with van der Waals surface area (Å²) in [4.78, 5) is 36.7. The number of nitro groups is 1. The molecule has 0 aliphatic heterocycles. The fourth-order valence-electron chi connectivity index (χ4n) is 3.47. The summed E-state index contributed by atoms with van der Waals surface area (Å²) >= 11 is 0. The topological polar surface area (TPSA) is 111 Å². The van der Waals surface area contributed by atoms with E-state index in [4.69, 9.17) is 4.74 Å². The number of non-ortho nitro benzene ring substituents is 1. The normalized spacial score (nSPS) is 11.0. The van der Waals surface area contributed by atoms with Crippen LogP contribution in [-0.4, -0.2) is 23.8 Å². The highest BCUT2D eigenvalue weighted by molar-refractivity contribution is 6.11. The Bertz CT molecular complexity index is 1270. The van der Waals surface area contributed by atoms with Crippen molar-refractivity contribution in [2.45, 2.75) is 33.1 Å². The number of hydrogen-bond acceptors (Lipinski definition) is 5. The highest BCUT2D eigenvalue weighted by atomic mass is 16.6. The molecule has 186 valence electrons. The molecular formula is C28H29N3O5. The van der Waals surface area contributed by atoms with Crippen molar-refractivity contribution in [1.82, 2.24) is 5.32 Å². The fourth-order valence-corrected chi connectivity index (χ4v) is 3.47. The number of amides is 2. The van der Waals surface area contributed by atoms with Gasteiger partial charge in [0.1, 0.15) is 11.4 Å². The molecule has 8 heteroatoms. The molecule has 0 bridgehead atoms. The number of benzene rings is 3. The Morgan fingerprint density at radius 1 is 1.03 bits per heavy atom. The summed E-state index contributed by atoms with van der Waals surface area (Å²) < 4.78 is 5.21. The molecule has 0 unspecified atom stereocenters. The highest BCUT2D eigenvalue weighted by Crippen LogP contribution is 2.29. The zero-order valence-corrected chi connectivity index (χ0v) is 20.5. The van der Waals surface area contributed by atoms with Gasteiger partial charge in [-0.3, -0.25) is 19.7 Å². The van der Waals surface area contributed by atoms with Crippen LogP contribution in [0.1, 0.15) is 46.8 Å². The van der Waals surface area contributed by atoms with Gasteiger partial charge >= 0.3 is 0 Å². The lowest BCUT2D eigenvalue weighted by Gasteiger charge is -2.14. The van der Waals surface area contributed by atoms with E-state index in [0.717, 1.165) is 36.0 Å². The number of anilines is 1. The van der Waals surface area contributed by atoms with Crippen molar-refractivity contribution in [2.24, 2.45) is 0 Å². The molecule has 0 saturated carbocycles. The number of carbonyl (C=O) groups is 2. The van der Waals surface area contributed by atoms with Gasteiger partial charge in [0.15, 0.2) is 0 Å². The van der Waals surface area contributed by atoms with Gasteiger partial charge in [-0.15, -0.1) is 0 Å². The number of hydrogen-bond donors (Lipinski definition) is 2.